The summed E-state index contributed by atoms with van der Waals surface area (Å²) in [6.45, 7) is 6.12. The highest BCUT2D eigenvalue weighted by atomic mass is 19.1. The molecule has 2 aromatic rings. The summed E-state index contributed by atoms with van der Waals surface area (Å²) in [5.74, 6) is -0.452. The van der Waals surface area contributed by atoms with Gasteiger partial charge in [-0.2, -0.15) is 0 Å². The number of hydrogen-bond acceptors (Lipinski definition) is 2. The first-order valence-electron chi connectivity index (χ1n) is 7.95. The van der Waals surface area contributed by atoms with Crippen molar-refractivity contribution < 1.29 is 9.18 Å². The molecule has 122 valence electrons. The number of carbonyl (C=O) groups is 1. The number of benzene rings is 2. The van der Waals surface area contributed by atoms with E-state index in [1.165, 1.54) is 12.1 Å². The lowest BCUT2D eigenvalue weighted by Gasteiger charge is -2.15. The number of amides is 1. The van der Waals surface area contributed by atoms with Crippen LogP contribution in [0.2, 0.25) is 0 Å². The molecule has 0 unspecified atom stereocenters. The van der Waals surface area contributed by atoms with E-state index in [0.717, 1.165) is 35.2 Å². The molecule has 1 amide bonds. The van der Waals surface area contributed by atoms with Crippen molar-refractivity contribution in [1.29, 1.82) is 0 Å². The van der Waals surface area contributed by atoms with Crippen molar-refractivity contribution in [3.8, 4) is 0 Å². The Labute approximate surface area is 136 Å². The van der Waals surface area contributed by atoms with E-state index in [0.29, 0.717) is 5.69 Å². The van der Waals surface area contributed by atoms with Gasteiger partial charge in [0, 0.05) is 11.4 Å². The van der Waals surface area contributed by atoms with Crippen LogP contribution in [-0.2, 0) is 17.6 Å². The van der Waals surface area contributed by atoms with Gasteiger partial charge in [-0.1, -0.05) is 38.1 Å². The minimum atomic E-state index is -0.317. The Morgan fingerprint density at radius 1 is 1.09 bits per heavy atom. The molecule has 23 heavy (non-hydrogen) atoms. The zero-order valence-corrected chi connectivity index (χ0v) is 13.9. The van der Waals surface area contributed by atoms with Gasteiger partial charge in [-0.3, -0.25) is 4.79 Å². The Kier molecular flexibility index (Phi) is 5.74. The van der Waals surface area contributed by atoms with Gasteiger partial charge in [-0.25, -0.2) is 4.39 Å². The highest BCUT2D eigenvalue weighted by molar-refractivity contribution is 5.95. The molecule has 0 radical (unpaired) electrons. The van der Waals surface area contributed by atoms with Crippen LogP contribution in [-0.4, -0.2) is 12.5 Å². The molecule has 0 bridgehead atoms. The van der Waals surface area contributed by atoms with Crippen LogP contribution >= 0.6 is 0 Å². The number of nitrogens with one attached hydrogen (secondary N) is 2. The lowest BCUT2D eigenvalue weighted by atomic mass is 10.0. The fourth-order valence-electron chi connectivity index (χ4n) is 2.55. The van der Waals surface area contributed by atoms with Crippen LogP contribution in [0.4, 0.5) is 15.8 Å². The summed E-state index contributed by atoms with van der Waals surface area (Å²) in [7, 11) is 0. The van der Waals surface area contributed by atoms with Crippen LogP contribution in [0.5, 0.6) is 0 Å². The number of hydrogen-bond donors (Lipinski definition) is 2. The summed E-state index contributed by atoms with van der Waals surface area (Å²) in [4.78, 5) is 12.3. The van der Waals surface area contributed by atoms with Crippen molar-refractivity contribution in [2.45, 2.75) is 33.6 Å². The number of aryl methyl sites for hydroxylation is 3. The molecule has 0 heterocycles. The highest BCUT2D eigenvalue weighted by Crippen LogP contribution is 2.22. The van der Waals surface area contributed by atoms with Gasteiger partial charge >= 0.3 is 0 Å². The molecule has 0 saturated heterocycles. The van der Waals surface area contributed by atoms with E-state index in [2.05, 4.69) is 24.5 Å². The van der Waals surface area contributed by atoms with Crippen molar-refractivity contribution in [2.75, 3.05) is 17.2 Å². The molecule has 2 aromatic carbocycles. The summed E-state index contributed by atoms with van der Waals surface area (Å²) in [5, 5.41) is 5.99. The molecule has 2 N–H and O–H groups in total. The number of para-hydroxylation sites is 1. The first-order valence-corrected chi connectivity index (χ1v) is 7.95. The minimum absolute atomic E-state index is 0.103. The van der Waals surface area contributed by atoms with Gasteiger partial charge in [-0.15, -0.1) is 0 Å². The van der Waals surface area contributed by atoms with Crippen molar-refractivity contribution in [3.63, 3.8) is 0 Å². The van der Waals surface area contributed by atoms with Crippen molar-refractivity contribution in [1.82, 2.24) is 0 Å². The van der Waals surface area contributed by atoms with Gasteiger partial charge in [0.15, 0.2) is 0 Å². The Balaban J connectivity index is 2.07. The Bertz CT molecular complexity index is 676. The van der Waals surface area contributed by atoms with E-state index in [4.69, 9.17) is 0 Å². The molecule has 0 aliphatic carbocycles. The summed E-state index contributed by atoms with van der Waals surface area (Å²) in [6, 6.07) is 10.6. The maximum atomic E-state index is 13.3. The summed E-state index contributed by atoms with van der Waals surface area (Å²) in [6.07, 6.45) is 1.72. The van der Waals surface area contributed by atoms with Gasteiger partial charge < -0.3 is 10.6 Å². The number of anilines is 2. The third kappa shape index (κ3) is 4.31. The lowest BCUT2D eigenvalue weighted by molar-refractivity contribution is -0.114. The maximum Gasteiger partial charge on any atom is 0.243 e. The van der Waals surface area contributed by atoms with Crippen LogP contribution in [0.15, 0.2) is 36.4 Å². The topological polar surface area (TPSA) is 41.1 Å². The molecular formula is C19H23FN2O. The average molecular weight is 314 g/mol. The van der Waals surface area contributed by atoms with Gasteiger partial charge in [0.2, 0.25) is 5.91 Å². The third-order valence-corrected chi connectivity index (χ3v) is 3.90. The van der Waals surface area contributed by atoms with Crippen LogP contribution in [0.3, 0.4) is 0 Å². The molecule has 0 saturated carbocycles. The zero-order chi connectivity index (χ0) is 16.8. The van der Waals surface area contributed by atoms with Crippen molar-refractivity contribution >= 4 is 17.3 Å². The zero-order valence-electron chi connectivity index (χ0n) is 13.9. The predicted octanol–water partition coefficient (Wildman–Crippen LogP) is 4.31. The number of carbonyl (C=O) groups excluding carboxylic acids is 1. The fourth-order valence-corrected chi connectivity index (χ4v) is 2.55. The average Bonchev–Trinajstić information content (AvgIpc) is 2.55. The van der Waals surface area contributed by atoms with Gasteiger partial charge in [-0.05, 0) is 48.6 Å². The molecule has 0 fully saturated rings. The van der Waals surface area contributed by atoms with E-state index in [1.54, 1.807) is 6.07 Å². The summed E-state index contributed by atoms with van der Waals surface area (Å²) in [5.41, 5.74) is 4.70. The SMILES string of the molecule is CCc1cccc(CC)c1NC(=O)CNc1cc(F)ccc1C. The van der Waals surface area contributed by atoms with Crippen molar-refractivity contribution in [2.24, 2.45) is 0 Å². The van der Waals surface area contributed by atoms with Gasteiger partial charge in [0.1, 0.15) is 5.82 Å². The lowest BCUT2D eigenvalue weighted by Crippen LogP contribution is -2.23. The second-order valence-electron chi connectivity index (χ2n) is 5.52. The summed E-state index contributed by atoms with van der Waals surface area (Å²) < 4.78 is 13.3. The molecule has 4 heteroatoms. The molecule has 2 rings (SSSR count). The molecule has 0 aliphatic heterocycles. The molecule has 0 aromatic heterocycles. The summed E-state index contributed by atoms with van der Waals surface area (Å²) >= 11 is 0. The second-order valence-corrected chi connectivity index (χ2v) is 5.52. The van der Waals surface area contributed by atoms with Crippen molar-refractivity contribution in [3.05, 3.63) is 58.9 Å². The quantitative estimate of drug-likeness (QED) is 0.834. The first kappa shape index (κ1) is 17.0. The largest absolute Gasteiger partial charge is 0.376 e. The van der Waals surface area contributed by atoms with E-state index in [1.807, 2.05) is 25.1 Å². The normalized spacial score (nSPS) is 10.4. The number of rotatable bonds is 6. The smallest absolute Gasteiger partial charge is 0.243 e. The second kappa shape index (κ2) is 7.77. The molecule has 0 aliphatic rings. The van der Waals surface area contributed by atoms with Gasteiger partial charge in [0.25, 0.3) is 0 Å². The van der Waals surface area contributed by atoms with E-state index in [9.17, 15) is 9.18 Å². The Morgan fingerprint density at radius 2 is 1.74 bits per heavy atom. The van der Waals surface area contributed by atoms with E-state index >= 15 is 0 Å². The molecule has 3 nitrogen and oxygen atoms in total. The predicted molar refractivity (Wildman–Crippen MR) is 93.5 cm³/mol. The van der Waals surface area contributed by atoms with E-state index in [-0.39, 0.29) is 18.3 Å². The van der Waals surface area contributed by atoms with E-state index < -0.39 is 0 Å². The third-order valence-electron chi connectivity index (χ3n) is 3.90. The number of halogens is 1. The highest BCUT2D eigenvalue weighted by Gasteiger charge is 2.10. The van der Waals surface area contributed by atoms with Crippen LogP contribution in [0.25, 0.3) is 0 Å². The van der Waals surface area contributed by atoms with Gasteiger partial charge in [0.05, 0.1) is 6.54 Å². The standard InChI is InChI=1S/C19H23FN2O/c1-4-14-7-6-8-15(5-2)19(14)22-18(23)12-21-17-11-16(20)10-9-13(17)3/h6-11,21H,4-5,12H2,1-3H3,(H,22,23). The van der Waals surface area contributed by atoms with Crippen LogP contribution < -0.4 is 10.6 Å². The first-order chi connectivity index (χ1) is 11.0. The Morgan fingerprint density at radius 3 is 2.35 bits per heavy atom. The maximum absolute atomic E-state index is 13.3. The van der Waals surface area contributed by atoms with Crippen LogP contribution in [0, 0.1) is 12.7 Å². The monoisotopic (exact) mass is 314 g/mol. The Hall–Kier alpha value is -2.36. The molecule has 0 spiro atoms. The van der Waals surface area contributed by atoms with Crippen LogP contribution in [0.1, 0.15) is 30.5 Å². The minimum Gasteiger partial charge on any atom is -0.376 e. The molecule has 0 atom stereocenters. The molecular weight excluding hydrogens is 291 g/mol. The fraction of sp³-hybridized carbons (Fsp3) is 0.316.